The number of ether oxygens (including phenoxy) is 1. The Morgan fingerprint density at radius 1 is 1.24 bits per heavy atom. The summed E-state index contributed by atoms with van der Waals surface area (Å²) < 4.78 is 7.15. The van der Waals surface area contributed by atoms with Crippen molar-refractivity contribution in [2.24, 2.45) is 0 Å². The fraction of sp³-hybridized carbons (Fsp3) is 0.188. The van der Waals surface area contributed by atoms with Gasteiger partial charge in [-0.2, -0.15) is 5.10 Å². The summed E-state index contributed by atoms with van der Waals surface area (Å²) >= 11 is 0. The van der Waals surface area contributed by atoms with E-state index < -0.39 is 0 Å². The molecule has 0 unspecified atom stereocenters. The molecule has 2 heterocycles. The number of aryl methyl sites for hydroxylation is 1. The van der Waals surface area contributed by atoms with Gasteiger partial charge in [0.05, 0.1) is 13.7 Å². The predicted molar refractivity (Wildman–Crippen MR) is 80.1 cm³/mol. The average molecular weight is 280 g/mol. The number of hydrogen-bond donors (Lipinski definition) is 0. The van der Waals surface area contributed by atoms with Gasteiger partial charge in [-0.05, 0) is 24.1 Å². The van der Waals surface area contributed by atoms with Crippen LogP contribution in [0, 0.1) is 6.92 Å². The molecular weight excluding hydrogens is 264 g/mol. The second kappa shape index (κ2) is 5.75. The van der Waals surface area contributed by atoms with Gasteiger partial charge in [0.2, 0.25) is 5.88 Å². The number of methoxy groups -OCH3 is 1. The molecule has 0 N–H and O–H groups in total. The second-order valence-corrected chi connectivity index (χ2v) is 4.86. The molecule has 0 radical (unpaired) electrons. The Morgan fingerprint density at radius 2 is 2.14 bits per heavy atom. The largest absolute Gasteiger partial charge is 0.481 e. The van der Waals surface area contributed by atoms with Gasteiger partial charge in [0.25, 0.3) is 0 Å². The zero-order chi connectivity index (χ0) is 14.7. The maximum absolute atomic E-state index is 5.38. The first-order valence-electron chi connectivity index (χ1n) is 6.68. The van der Waals surface area contributed by atoms with E-state index in [-0.39, 0.29) is 0 Å². The molecule has 0 bridgehead atoms. The van der Waals surface area contributed by atoms with E-state index in [1.807, 2.05) is 6.07 Å². The van der Waals surface area contributed by atoms with Gasteiger partial charge in [0.15, 0.2) is 0 Å². The molecule has 5 heteroatoms. The molecule has 0 saturated heterocycles. The Morgan fingerprint density at radius 3 is 2.86 bits per heavy atom. The molecule has 21 heavy (non-hydrogen) atoms. The lowest BCUT2D eigenvalue weighted by Gasteiger charge is -2.10. The SMILES string of the molecule is COc1ncc(Cn2cncn2)cc1-c1cccc(C)c1. The molecule has 0 fully saturated rings. The monoisotopic (exact) mass is 280 g/mol. The minimum absolute atomic E-state index is 0.628. The summed E-state index contributed by atoms with van der Waals surface area (Å²) in [4.78, 5) is 8.35. The molecule has 0 saturated carbocycles. The van der Waals surface area contributed by atoms with Crippen LogP contribution in [0.5, 0.6) is 5.88 Å². The van der Waals surface area contributed by atoms with E-state index in [2.05, 4.69) is 46.3 Å². The number of rotatable bonds is 4. The second-order valence-electron chi connectivity index (χ2n) is 4.86. The van der Waals surface area contributed by atoms with Crippen LogP contribution in [-0.2, 0) is 6.54 Å². The molecule has 1 aromatic carbocycles. The Balaban J connectivity index is 2.01. The van der Waals surface area contributed by atoms with Crippen molar-refractivity contribution in [3.63, 3.8) is 0 Å². The first-order valence-corrected chi connectivity index (χ1v) is 6.68. The third kappa shape index (κ3) is 2.91. The lowest BCUT2D eigenvalue weighted by atomic mass is 10.0. The molecule has 3 rings (SSSR count). The summed E-state index contributed by atoms with van der Waals surface area (Å²) in [5.74, 6) is 0.628. The maximum Gasteiger partial charge on any atom is 0.221 e. The fourth-order valence-electron chi connectivity index (χ4n) is 2.27. The standard InChI is InChI=1S/C16H16N4O/c1-12-4-3-5-14(6-12)15-7-13(8-18-16(15)21-2)9-20-11-17-10-19-20/h3-8,10-11H,9H2,1-2H3. The molecule has 106 valence electrons. The Hall–Kier alpha value is -2.69. The van der Waals surface area contributed by atoms with E-state index in [9.17, 15) is 0 Å². The van der Waals surface area contributed by atoms with E-state index >= 15 is 0 Å². The number of nitrogens with zero attached hydrogens (tertiary/aromatic N) is 4. The Labute approximate surface area is 123 Å². The van der Waals surface area contributed by atoms with Gasteiger partial charge in [-0.25, -0.2) is 14.6 Å². The average Bonchev–Trinajstić information content (AvgIpc) is 3.00. The van der Waals surface area contributed by atoms with Crippen LogP contribution in [-0.4, -0.2) is 26.9 Å². The molecule has 0 spiro atoms. The molecular formula is C16H16N4O. The van der Waals surface area contributed by atoms with Gasteiger partial charge in [0, 0.05) is 11.8 Å². The molecule has 5 nitrogen and oxygen atoms in total. The van der Waals surface area contributed by atoms with Gasteiger partial charge in [-0.15, -0.1) is 0 Å². The third-order valence-electron chi connectivity index (χ3n) is 3.24. The first-order chi connectivity index (χ1) is 10.3. The van der Waals surface area contributed by atoms with Gasteiger partial charge in [-0.3, -0.25) is 0 Å². The maximum atomic E-state index is 5.38. The highest BCUT2D eigenvalue weighted by atomic mass is 16.5. The van der Waals surface area contributed by atoms with Crippen LogP contribution in [0.25, 0.3) is 11.1 Å². The fourth-order valence-corrected chi connectivity index (χ4v) is 2.27. The van der Waals surface area contributed by atoms with Gasteiger partial charge in [-0.1, -0.05) is 29.8 Å². The number of hydrogen-bond acceptors (Lipinski definition) is 4. The highest BCUT2D eigenvalue weighted by Gasteiger charge is 2.09. The molecule has 0 aliphatic rings. The molecule has 2 aromatic heterocycles. The van der Waals surface area contributed by atoms with Crippen molar-refractivity contribution >= 4 is 0 Å². The van der Waals surface area contributed by atoms with Crippen molar-refractivity contribution in [3.8, 4) is 17.0 Å². The Bertz CT molecular complexity index is 738. The summed E-state index contributed by atoms with van der Waals surface area (Å²) in [6, 6.07) is 10.4. The van der Waals surface area contributed by atoms with Crippen LogP contribution in [0.3, 0.4) is 0 Å². The van der Waals surface area contributed by atoms with Crippen molar-refractivity contribution in [3.05, 3.63) is 60.3 Å². The summed E-state index contributed by atoms with van der Waals surface area (Å²) in [5.41, 5.74) is 4.34. The zero-order valence-corrected chi connectivity index (χ0v) is 12.0. The molecule has 0 amide bonds. The van der Waals surface area contributed by atoms with E-state index in [0.29, 0.717) is 12.4 Å². The van der Waals surface area contributed by atoms with Crippen LogP contribution >= 0.6 is 0 Å². The molecule has 3 aromatic rings. The van der Waals surface area contributed by atoms with E-state index in [4.69, 9.17) is 4.74 Å². The van der Waals surface area contributed by atoms with Crippen molar-refractivity contribution < 1.29 is 4.74 Å². The quantitative estimate of drug-likeness (QED) is 0.737. The summed E-state index contributed by atoms with van der Waals surface area (Å²) in [7, 11) is 1.64. The number of benzene rings is 1. The molecule has 0 aliphatic carbocycles. The van der Waals surface area contributed by atoms with Crippen molar-refractivity contribution in [1.82, 2.24) is 19.7 Å². The minimum Gasteiger partial charge on any atom is -0.481 e. The zero-order valence-electron chi connectivity index (χ0n) is 12.0. The van der Waals surface area contributed by atoms with Crippen molar-refractivity contribution in [2.75, 3.05) is 7.11 Å². The molecule has 0 atom stereocenters. The highest BCUT2D eigenvalue weighted by molar-refractivity contribution is 5.69. The number of pyridine rings is 1. The first kappa shape index (κ1) is 13.3. The predicted octanol–water partition coefficient (Wildman–Crippen LogP) is 2.71. The van der Waals surface area contributed by atoms with Gasteiger partial charge >= 0.3 is 0 Å². The Kier molecular flexibility index (Phi) is 3.64. The number of aromatic nitrogens is 4. The normalized spacial score (nSPS) is 10.6. The lowest BCUT2D eigenvalue weighted by molar-refractivity contribution is 0.399. The lowest BCUT2D eigenvalue weighted by Crippen LogP contribution is -2.02. The van der Waals surface area contributed by atoms with Crippen LogP contribution in [0.15, 0.2) is 49.2 Å². The van der Waals surface area contributed by atoms with Crippen molar-refractivity contribution in [2.45, 2.75) is 13.5 Å². The highest BCUT2D eigenvalue weighted by Crippen LogP contribution is 2.29. The van der Waals surface area contributed by atoms with Crippen LogP contribution in [0.1, 0.15) is 11.1 Å². The minimum atomic E-state index is 0.628. The van der Waals surface area contributed by atoms with E-state index in [1.165, 1.54) is 11.9 Å². The van der Waals surface area contributed by atoms with Crippen molar-refractivity contribution in [1.29, 1.82) is 0 Å². The van der Waals surface area contributed by atoms with Crippen LogP contribution < -0.4 is 4.74 Å². The molecule has 0 aliphatic heterocycles. The topological polar surface area (TPSA) is 52.8 Å². The van der Waals surface area contributed by atoms with Gasteiger partial charge < -0.3 is 4.74 Å². The summed E-state index contributed by atoms with van der Waals surface area (Å²) in [6.45, 7) is 2.71. The third-order valence-corrected chi connectivity index (χ3v) is 3.24. The smallest absolute Gasteiger partial charge is 0.221 e. The van der Waals surface area contributed by atoms with Gasteiger partial charge in [0.1, 0.15) is 12.7 Å². The van der Waals surface area contributed by atoms with Crippen LogP contribution in [0.2, 0.25) is 0 Å². The summed E-state index contributed by atoms with van der Waals surface area (Å²) in [6.07, 6.45) is 5.02. The summed E-state index contributed by atoms with van der Waals surface area (Å²) in [5, 5.41) is 4.12. The van der Waals surface area contributed by atoms with E-state index in [1.54, 1.807) is 24.3 Å². The van der Waals surface area contributed by atoms with E-state index in [0.717, 1.165) is 16.7 Å². The van der Waals surface area contributed by atoms with Crippen LogP contribution in [0.4, 0.5) is 0 Å².